The molecule has 0 atom stereocenters. The predicted octanol–water partition coefficient (Wildman–Crippen LogP) is 7.22. The third-order valence-corrected chi connectivity index (χ3v) is 5.48. The summed E-state index contributed by atoms with van der Waals surface area (Å²) in [6, 6.07) is 15.6. The summed E-state index contributed by atoms with van der Waals surface area (Å²) in [6.45, 7) is 3.81. The van der Waals surface area contributed by atoms with E-state index in [-0.39, 0.29) is 5.91 Å². The molecule has 1 amide bonds. The van der Waals surface area contributed by atoms with Gasteiger partial charge >= 0.3 is 6.18 Å². The molecule has 0 radical (unpaired) electrons. The van der Waals surface area contributed by atoms with Gasteiger partial charge in [-0.3, -0.25) is 4.79 Å². The standard InChI is InChI=1S/C28H24F3NO3/c1-27(2)15-14-20-16-18(4-13-25(33)32-22-9-11-23(34-3)12-10-22)17-24(26(20)35-27)19-5-7-21(8-6-19)28(29,30)31/h4-17H,1-3H3,(H,32,33). The van der Waals surface area contributed by atoms with Crippen molar-refractivity contribution in [2.75, 3.05) is 12.4 Å². The molecule has 1 aliphatic rings. The normalized spacial score (nSPS) is 14.3. The summed E-state index contributed by atoms with van der Waals surface area (Å²) in [7, 11) is 1.56. The van der Waals surface area contributed by atoms with Gasteiger partial charge in [-0.2, -0.15) is 13.2 Å². The first-order valence-corrected chi connectivity index (χ1v) is 10.9. The van der Waals surface area contributed by atoms with Crippen LogP contribution in [0.2, 0.25) is 0 Å². The highest BCUT2D eigenvalue weighted by Crippen LogP contribution is 2.41. The molecular formula is C28H24F3NO3. The topological polar surface area (TPSA) is 47.6 Å². The molecule has 0 saturated carbocycles. The Morgan fingerprint density at radius 1 is 1.03 bits per heavy atom. The first kappa shape index (κ1) is 24.1. The number of hydrogen-bond donors (Lipinski definition) is 1. The highest BCUT2D eigenvalue weighted by Gasteiger charge is 2.30. The van der Waals surface area contributed by atoms with Gasteiger partial charge in [-0.1, -0.05) is 18.2 Å². The maximum atomic E-state index is 13.0. The van der Waals surface area contributed by atoms with Crippen LogP contribution in [-0.2, 0) is 11.0 Å². The van der Waals surface area contributed by atoms with E-state index < -0.39 is 17.3 Å². The number of fused-ring (bicyclic) bond motifs is 1. The number of halogens is 3. The SMILES string of the molecule is COc1ccc(NC(=O)C=Cc2cc3c(c(-c4ccc(C(F)(F)F)cc4)c2)OC(C)(C)C=C3)cc1. The summed E-state index contributed by atoms with van der Waals surface area (Å²) in [4.78, 5) is 12.4. The van der Waals surface area contributed by atoms with Crippen LogP contribution in [0, 0.1) is 0 Å². The maximum Gasteiger partial charge on any atom is 0.416 e. The van der Waals surface area contributed by atoms with Gasteiger partial charge in [-0.15, -0.1) is 0 Å². The van der Waals surface area contributed by atoms with E-state index in [9.17, 15) is 18.0 Å². The van der Waals surface area contributed by atoms with Crippen LogP contribution in [0.25, 0.3) is 23.3 Å². The molecule has 0 unspecified atom stereocenters. The molecule has 0 saturated heterocycles. The van der Waals surface area contributed by atoms with E-state index in [4.69, 9.17) is 9.47 Å². The first-order valence-electron chi connectivity index (χ1n) is 10.9. The number of anilines is 1. The molecule has 35 heavy (non-hydrogen) atoms. The molecule has 0 aromatic heterocycles. The molecule has 0 spiro atoms. The number of carbonyl (C=O) groups excluding carboxylic acids is 1. The molecule has 4 rings (SSSR count). The van der Waals surface area contributed by atoms with E-state index in [1.807, 2.05) is 32.1 Å². The lowest BCUT2D eigenvalue weighted by Gasteiger charge is -2.30. The molecule has 4 nitrogen and oxygen atoms in total. The number of nitrogens with one attached hydrogen (secondary N) is 1. The van der Waals surface area contributed by atoms with Crippen molar-refractivity contribution < 1.29 is 27.4 Å². The van der Waals surface area contributed by atoms with Crippen molar-refractivity contribution in [1.82, 2.24) is 0 Å². The fourth-order valence-electron chi connectivity index (χ4n) is 3.68. The number of amides is 1. The minimum absolute atomic E-state index is 0.322. The van der Waals surface area contributed by atoms with Crippen molar-refractivity contribution in [1.29, 1.82) is 0 Å². The van der Waals surface area contributed by atoms with Crippen LogP contribution in [0.15, 0.2) is 72.8 Å². The van der Waals surface area contributed by atoms with E-state index >= 15 is 0 Å². The third-order valence-electron chi connectivity index (χ3n) is 5.48. The molecule has 0 aliphatic carbocycles. The predicted molar refractivity (Wildman–Crippen MR) is 131 cm³/mol. The summed E-state index contributed by atoms with van der Waals surface area (Å²) < 4.78 is 50.4. The molecule has 1 N–H and O–H groups in total. The van der Waals surface area contributed by atoms with Crippen molar-refractivity contribution in [3.63, 3.8) is 0 Å². The van der Waals surface area contributed by atoms with E-state index in [2.05, 4.69) is 5.32 Å². The number of methoxy groups -OCH3 is 1. The van der Waals surface area contributed by atoms with Crippen molar-refractivity contribution in [2.24, 2.45) is 0 Å². The smallest absolute Gasteiger partial charge is 0.416 e. The Labute approximate surface area is 201 Å². The van der Waals surface area contributed by atoms with Gasteiger partial charge in [0.25, 0.3) is 0 Å². The van der Waals surface area contributed by atoms with Crippen LogP contribution in [0.3, 0.4) is 0 Å². The number of ether oxygens (including phenoxy) is 2. The van der Waals surface area contributed by atoms with Gasteiger partial charge in [-0.25, -0.2) is 0 Å². The molecule has 3 aromatic rings. The Morgan fingerprint density at radius 3 is 2.34 bits per heavy atom. The number of carbonyl (C=O) groups is 1. The number of rotatable bonds is 5. The lowest BCUT2D eigenvalue weighted by atomic mass is 9.93. The van der Waals surface area contributed by atoms with E-state index in [1.165, 1.54) is 18.2 Å². The zero-order valence-corrected chi connectivity index (χ0v) is 19.4. The quantitative estimate of drug-likeness (QED) is 0.393. The van der Waals surface area contributed by atoms with E-state index in [0.717, 1.165) is 17.7 Å². The summed E-state index contributed by atoms with van der Waals surface area (Å²) in [6.07, 6.45) is 2.47. The molecule has 180 valence electrons. The van der Waals surface area contributed by atoms with Crippen molar-refractivity contribution in [3.05, 3.63) is 89.5 Å². The average Bonchev–Trinajstić information content (AvgIpc) is 2.82. The Morgan fingerprint density at radius 2 is 1.71 bits per heavy atom. The van der Waals surface area contributed by atoms with Gasteiger partial charge in [0.2, 0.25) is 5.91 Å². The fourth-order valence-corrected chi connectivity index (χ4v) is 3.68. The lowest BCUT2D eigenvalue weighted by molar-refractivity contribution is -0.137. The molecule has 3 aromatic carbocycles. The van der Waals surface area contributed by atoms with Gasteiger partial charge in [0.15, 0.2) is 0 Å². The molecule has 1 heterocycles. The first-order chi connectivity index (χ1) is 16.5. The Balaban J connectivity index is 1.65. The molecule has 0 fully saturated rings. The van der Waals surface area contributed by atoms with Gasteiger partial charge in [-0.05, 0) is 85.7 Å². The van der Waals surface area contributed by atoms with Crippen molar-refractivity contribution in [3.8, 4) is 22.6 Å². The second kappa shape index (κ2) is 9.33. The molecule has 7 heteroatoms. The number of alkyl halides is 3. The average molecular weight is 479 g/mol. The summed E-state index contributed by atoms with van der Waals surface area (Å²) in [5.74, 6) is 0.941. The van der Waals surface area contributed by atoms with E-state index in [1.54, 1.807) is 43.5 Å². The van der Waals surface area contributed by atoms with Crippen LogP contribution < -0.4 is 14.8 Å². The lowest BCUT2D eigenvalue weighted by Crippen LogP contribution is -2.27. The minimum Gasteiger partial charge on any atom is -0.497 e. The van der Waals surface area contributed by atoms with Gasteiger partial charge < -0.3 is 14.8 Å². The van der Waals surface area contributed by atoms with Crippen LogP contribution in [-0.4, -0.2) is 18.6 Å². The van der Waals surface area contributed by atoms with E-state index in [0.29, 0.717) is 33.9 Å². The maximum absolute atomic E-state index is 13.0. The largest absolute Gasteiger partial charge is 0.497 e. The Hall–Kier alpha value is -4.00. The number of benzene rings is 3. The van der Waals surface area contributed by atoms with Crippen LogP contribution >= 0.6 is 0 Å². The molecule has 1 aliphatic heterocycles. The fraction of sp³-hybridized carbons (Fsp3) is 0.179. The summed E-state index contributed by atoms with van der Waals surface area (Å²) >= 11 is 0. The van der Waals surface area contributed by atoms with Crippen molar-refractivity contribution in [2.45, 2.75) is 25.6 Å². The van der Waals surface area contributed by atoms with Crippen LogP contribution in [0.1, 0.15) is 30.5 Å². The highest BCUT2D eigenvalue weighted by atomic mass is 19.4. The third kappa shape index (κ3) is 5.74. The summed E-state index contributed by atoms with van der Waals surface area (Å²) in [5.41, 5.74) is 2.04. The second-order valence-electron chi connectivity index (χ2n) is 8.65. The molecule has 0 bridgehead atoms. The summed E-state index contributed by atoms with van der Waals surface area (Å²) in [5, 5.41) is 2.78. The number of hydrogen-bond acceptors (Lipinski definition) is 3. The zero-order chi connectivity index (χ0) is 25.2. The zero-order valence-electron chi connectivity index (χ0n) is 19.4. The van der Waals surface area contributed by atoms with Gasteiger partial charge in [0.05, 0.1) is 12.7 Å². The Bertz CT molecular complexity index is 1290. The monoisotopic (exact) mass is 479 g/mol. The van der Waals surface area contributed by atoms with Gasteiger partial charge in [0, 0.05) is 22.9 Å². The van der Waals surface area contributed by atoms with Gasteiger partial charge in [0.1, 0.15) is 17.1 Å². The minimum atomic E-state index is -4.42. The molecular weight excluding hydrogens is 455 g/mol. The van der Waals surface area contributed by atoms with Crippen molar-refractivity contribution >= 4 is 23.7 Å². The Kier molecular flexibility index (Phi) is 6.43. The highest BCUT2D eigenvalue weighted by molar-refractivity contribution is 6.02. The van der Waals surface area contributed by atoms with Crippen LogP contribution in [0.4, 0.5) is 18.9 Å². The van der Waals surface area contributed by atoms with Crippen LogP contribution in [0.5, 0.6) is 11.5 Å². The second-order valence-corrected chi connectivity index (χ2v) is 8.65.